The van der Waals surface area contributed by atoms with E-state index in [1.54, 1.807) is 28.6 Å². The van der Waals surface area contributed by atoms with E-state index in [0.29, 0.717) is 13.1 Å². The van der Waals surface area contributed by atoms with Crippen LogP contribution in [-0.2, 0) is 6.54 Å². The molecule has 0 spiro atoms. The van der Waals surface area contributed by atoms with Crippen LogP contribution in [0.15, 0.2) is 29.9 Å². The molecule has 0 aliphatic carbocycles. The smallest absolute Gasteiger partial charge is 0.317 e. The molecule has 0 saturated carbocycles. The van der Waals surface area contributed by atoms with Gasteiger partial charge in [-0.05, 0) is 43.0 Å². The number of hydrogen-bond acceptors (Lipinski definition) is 6. The molecule has 2 aromatic heterocycles. The maximum atomic E-state index is 12.2. The maximum absolute atomic E-state index is 12.2. The number of amides is 2. The molecule has 0 bridgehead atoms. The number of carbonyl (C=O) groups is 1. The van der Waals surface area contributed by atoms with Crippen LogP contribution in [-0.4, -0.2) is 72.1 Å². The van der Waals surface area contributed by atoms with Gasteiger partial charge in [0.2, 0.25) is 5.95 Å². The van der Waals surface area contributed by atoms with Gasteiger partial charge >= 0.3 is 6.03 Å². The highest BCUT2D eigenvalue weighted by atomic mass is 32.1. The summed E-state index contributed by atoms with van der Waals surface area (Å²) in [4.78, 5) is 28.5. The first kappa shape index (κ1) is 19.6. The molecular weight excluding hydrogens is 360 g/mol. The van der Waals surface area contributed by atoms with Crippen molar-refractivity contribution in [3.8, 4) is 0 Å². The molecule has 0 radical (unpaired) electrons. The molecule has 1 aliphatic heterocycles. The lowest BCUT2D eigenvalue weighted by Gasteiger charge is -2.34. The van der Waals surface area contributed by atoms with E-state index in [-0.39, 0.29) is 6.03 Å². The van der Waals surface area contributed by atoms with Crippen LogP contribution in [0.4, 0.5) is 10.7 Å². The molecule has 3 rings (SSSR count). The minimum Gasteiger partial charge on any atom is -0.338 e. The largest absolute Gasteiger partial charge is 0.338 e. The van der Waals surface area contributed by atoms with Gasteiger partial charge < -0.3 is 15.1 Å². The monoisotopic (exact) mass is 388 g/mol. The van der Waals surface area contributed by atoms with E-state index in [1.807, 2.05) is 13.1 Å². The molecule has 1 fully saturated rings. The third kappa shape index (κ3) is 5.64. The second-order valence-corrected chi connectivity index (χ2v) is 7.85. The second kappa shape index (κ2) is 9.66. The van der Waals surface area contributed by atoms with E-state index < -0.39 is 0 Å². The molecule has 27 heavy (non-hydrogen) atoms. The lowest BCUT2D eigenvalue weighted by atomic mass is 10.3. The number of aromatic nitrogens is 2. The van der Waals surface area contributed by atoms with Crippen molar-refractivity contribution in [1.29, 1.82) is 0 Å². The molecule has 8 heteroatoms. The normalized spacial score (nSPS) is 15.0. The van der Waals surface area contributed by atoms with Gasteiger partial charge in [0, 0.05) is 57.0 Å². The Labute approximate surface area is 165 Å². The highest BCUT2D eigenvalue weighted by molar-refractivity contribution is 7.10. The average Bonchev–Trinajstić information content (AvgIpc) is 3.10. The number of carbonyl (C=O) groups excluding carboxylic acids is 1. The lowest BCUT2D eigenvalue weighted by Crippen LogP contribution is -2.47. The van der Waals surface area contributed by atoms with Crippen LogP contribution in [0.3, 0.4) is 0 Å². The summed E-state index contributed by atoms with van der Waals surface area (Å²) in [6.45, 7) is 8.35. The zero-order valence-electron chi connectivity index (χ0n) is 16.1. The summed E-state index contributed by atoms with van der Waals surface area (Å²) in [6.07, 6.45) is 4.53. The van der Waals surface area contributed by atoms with Crippen molar-refractivity contribution in [3.05, 3.63) is 40.3 Å². The second-order valence-electron chi connectivity index (χ2n) is 6.85. The topological polar surface area (TPSA) is 64.6 Å². The zero-order valence-corrected chi connectivity index (χ0v) is 16.9. The number of piperazine rings is 1. The number of anilines is 1. The Balaban J connectivity index is 1.30. The Hall–Kier alpha value is -2.19. The number of rotatable bonds is 7. The summed E-state index contributed by atoms with van der Waals surface area (Å²) in [7, 11) is 1.85. The number of thiophene rings is 1. The summed E-state index contributed by atoms with van der Waals surface area (Å²) in [6, 6.07) is 3.93. The first-order valence-electron chi connectivity index (χ1n) is 9.40. The molecule has 3 heterocycles. The van der Waals surface area contributed by atoms with Gasteiger partial charge in [-0.15, -0.1) is 11.3 Å². The first-order valence-corrected chi connectivity index (χ1v) is 10.3. The highest BCUT2D eigenvalue weighted by Gasteiger charge is 2.18. The number of aryl methyl sites for hydroxylation is 1. The van der Waals surface area contributed by atoms with Gasteiger partial charge in [0.1, 0.15) is 0 Å². The molecule has 146 valence electrons. The fourth-order valence-corrected chi connectivity index (χ4v) is 4.07. The molecule has 0 unspecified atom stereocenters. The molecule has 2 aromatic rings. The van der Waals surface area contributed by atoms with Gasteiger partial charge in [-0.3, -0.25) is 4.90 Å². The molecule has 0 atom stereocenters. The van der Waals surface area contributed by atoms with Crippen molar-refractivity contribution < 1.29 is 4.79 Å². The fourth-order valence-electron chi connectivity index (χ4n) is 3.11. The Morgan fingerprint density at radius 2 is 2.00 bits per heavy atom. The van der Waals surface area contributed by atoms with E-state index in [4.69, 9.17) is 0 Å². The average molecular weight is 389 g/mol. The summed E-state index contributed by atoms with van der Waals surface area (Å²) in [5.41, 5.74) is 1.25. The SMILES string of the molecule is Cc1ccsc1CN(C)C(=O)NCCCN1CCN(c2ncccn2)CC1. The van der Waals surface area contributed by atoms with E-state index in [9.17, 15) is 4.79 Å². The molecule has 1 saturated heterocycles. The van der Waals surface area contributed by atoms with Gasteiger partial charge in [-0.1, -0.05) is 0 Å². The van der Waals surface area contributed by atoms with Crippen molar-refractivity contribution in [2.75, 3.05) is 51.2 Å². The van der Waals surface area contributed by atoms with Crippen LogP contribution >= 0.6 is 11.3 Å². The number of urea groups is 1. The van der Waals surface area contributed by atoms with Gasteiger partial charge in [-0.25, -0.2) is 14.8 Å². The Morgan fingerprint density at radius 1 is 1.26 bits per heavy atom. The third-order valence-corrected chi connectivity index (χ3v) is 5.84. The maximum Gasteiger partial charge on any atom is 0.317 e. The molecule has 0 aromatic carbocycles. The Bertz CT molecular complexity index is 714. The van der Waals surface area contributed by atoms with Crippen LogP contribution in [0.2, 0.25) is 0 Å². The van der Waals surface area contributed by atoms with Crippen molar-refractivity contribution in [2.45, 2.75) is 19.9 Å². The lowest BCUT2D eigenvalue weighted by molar-refractivity contribution is 0.205. The van der Waals surface area contributed by atoms with Crippen LogP contribution in [0.25, 0.3) is 0 Å². The van der Waals surface area contributed by atoms with Crippen molar-refractivity contribution in [1.82, 2.24) is 25.1 Å². The number of nitrogens with zero attached hydrogens (tertiary/aromatic N) is 5. The highest BCUT2D eigenvalue weighted by Crippen LogP contribution is 2.17. The predicted molar refractivity (Wildman–Crippen MR) is 109 cm³/mol. The molecule has 1 aliphatic rings. The van der Waals surface area contributed by atoms with Gasteiger partial charge in [-0.2, -0.15) is 0 Å². The number of nitrogens with one attached hydrogen (secondary N) is 1. The fraction of sp³-hybridized carbons (Fsp3) is 0.526. The zero-order chi connectivity index (χ0) is 19.1. The molecule has 7 nitrogen and oxygen atoms in total. The third-order valence-electron chi connectivity index (χ3n) is 4.83. The summed E-state index contributed by atoms with van der Waals surface area (Å²) in [5, 5.41) is 5.09. The number of hydrogen-bond donors (Lipinski definition) is 1. The van der Waals surface area contributed by atoms with E-state index in [1.165, 1.54) is 10.4 Å². The van der Waals surface area contributed by atoms with E-state index in [0.717, 1.165) is 45.1 Å². The quantitative estimate of drug-likeness (QED) is 0.737. The Kier molecular flexibility index (Phi) is 7.00. The predicted octanol–water partition coefficient (Wildman–Crippen LogP) is 2.20. The van der Waals surface area contributed by atoms with Crippen molar-refractivity contribution >= 4 is 23.3 Å². The van der Waals surface area contributed by atoms with E-state index >= 15 is 0 Å². The minimum absolute atomic E-state index is 0.00570. The van der Waals surface area contributed by atoms with Gasteiger partial charge in [0.25, 0.3) is 0 Å². The minimum atomic E-state index is -0.00570. The van der Waals surface area contributed by atoms with Crippen LogP contribution in [0.5, 0.6) is 0 Å². The van der Waals surface area contributed by atoms with Gasteiger partial charge in [0.05, 0.1) is 6.54 Å². The summed E-state index contributed by atoms with van der Waals surface area (Å²) >= 11 is 1.70. The molecule has 2 amide bonds. The molecular formula is C19H28N6OS. The van der Waals surface area contributed by atoms with Crippen LogP contribution in [0.1, 0.15) is 16.9 Å². The summed E-state index contributed by atoms with van der Waals surface area (Å²) < 4.78 is 0. The van der Waals surface area contributed by atoms with Crippen LogP contribution in [0, 0.1) is 6.92 Å². The standard InChI is InChI=1S/C19H28N6OS/c1-16-5-14-27-17(16)15-23(2)19(26)22-8-4-9-24-10-12-25(13-11-24)18-20-6-3-7-21-18/h3,5-7,14H,4,8-13,15H2,1-2H3,(H,22,26). The van der Waals surface area contributed by atoms with Crippen molar-refractivity contribution in [2.24, 2.45) is 0 Å². The first-order chi connectivity index (χ1) is 13.1. The van der Waals surface area contributed by atoms with E-state index in [2.05, 4.69) is 43.5 Å². The van der Waals surface area contributed by atoms with Crippen LogP contribution < -0.4 is 10.2 Å². The van der Waals surface area contributed by atoms with Gasteiger partial charge in [0.15, 0.2) is 0 Å². The van der Waals surface area contributed by atoms with Crippen molar-refractivity contribution in [3.63, 3.8) is 0 Å². The summed E-state index contributed by atoms with van der Waals surface area (Å²) in [5.74, 6) is 0.813. The molecule has 1 N–H and O–H groups in total. The Morgan fingerprint density at radius 3 is 2.67 bits per heavy atom.